The Morgan fingerprint density at radius 3 is 2.93 bits per heavy atom. The van der Waals surface area contributed by atoms with Crippen molar-refractivity contribution in [3.8, 4) is 0 Å². The Balaban J connectivity index is 2.07. The van der Waals surface area contributed by atoms with Crippen LogP contribution in [0.4, 0.5) is 0 Å². The van der Waals surface area contributed by atoms with Crippen LogP contribution in [0.5, 0.6) is 0 Å². The van der Waals surface area contributed by atoms with E-state index in [2.05, 4.69) is 10.3 Å². The predicted molar refractivity (Wildman–Crippen MR) is 59.9 cm³/mol. The van der Waals surface area contributed by atoms with E-state index in [1.807, 2.05) is 18.7 Å². The maximum absolute atomic E-state index is 11.6. The molecule has 1 saturated heterocycles. The maximum atomic E-state index is 11.6. The number of amides is 1. The maximum Gasteiger partial charge on any atom is 0.236 e. The van der Waals surface area contributed by atoms with Crippen molar-refractivity contribution in [1.29, 1.82) is 0 Å². The summed E-state index contributed by atoms with van der Waals surface area (Å²) in [6, 6.07) is 0. The fourth-order valence-corrected chi connectivity index (χ4v) is 2.66. The lowest BCUT2D eigenvalue weighted by Gasteiger charge is -2.26. The molecule has 4 nitrogen and oxygen atoms in total. The number of piperazine rings is 1. The van der Waals surface area contributed by atoms with Gasteiger partial charge >= 0.3 is 0 Å². The summed E-state index contributed by atoms with van der Waals surface area (Å²) < 4.78 is 0. The summed E-state index contributed by atoms with van der Waals surface area (Å²) in [5.74, 6) is 0.187. The third kappa shape index (κ3) is 2.35. The zero-order valence-corrected chi connectivity index (χ0v) is 9.86. The summed E-state index contributed by atoms with van der Waals surface area (Å²) in [5.41, 5.74) is 1.06. The summed E-state index contributed by atoms with van der Waals surface area (Å²) in [5, 5.41) is 4.14. The number of nitrogens with zero attached hydrogens (tertiary/aromatic N) is 2. The molecule has 0 spiro atoms. The second-order valence-electron chi connectivity index (χ2n) is 3.73. The van der Waals surface area contributed by atoms with Crippen LogP contribution in [-0.2, 0) is 11.3 Å². The number of carbonyl (C=O) groups excluding carboxylic acids is 1. The Bertz CT molecular complexity index is 375. The van der Waals surface area contributed by atoms with Gasteiger partial charge in [-0.1, -0.05) is 0 Å². The van der Waals surface area contributed by atoms with E-state index in [9.17, 15) is 4.79 Å². The minimum absolute atomic E-state index is 0.187. The van der Waals surface area contributed by atoms with Crippen molar-refractivity contribution in [3.63, 3.8) is 0 Å². The third-order valence-electron chi connectivity index (χ3n) is 2.52. The molecule has 0 bridgehead atoms. The van der Waals surface area contributed by atoms with E-state index in [0.29, 0.717) is 6.54 Å². The number of thiazole rings is 1. The van der Waals surface area contributed by atoms with Crippen molar-refractivity contribution in [2.45, 2.75) is 20.4 Å². The van der Waals surface area contributed by atoms with Crippen LogP contribution in [-0.4, -0.2) is 35.4 Å². The molecule has 1 aliphatic rings. The highest BCUT2D eigenvalue weighted by atomic mass is 32.1. The molecule has 2 rings (SSSR count). The molecule has 1 N–H and O–H groups in total. The number of carbonyl (C=O) groups is 1. The highest BCUT2D eigenvalue weighted by Gasteiger charge is 2.19. The minimum atomic E-state index is 0.187. The molecule has 15 heavy (non-hydrogen) atoms. The molecule has 1 aromatic rings. The van der Waals surface area contributed by atoms with Crippen LogP contribution < -0.4 is 5.32 Å². The van der Waals surface area contributed by atoms with Crippen LogP contribution >= 0.6 is 11.3 Å². The molecule has 1 amide bonds. The average molecular weight is 225 g/mol. The van der Waals surface area contributed by atoms with E-state index in [1.165, 1.54) is 4.88 Å². The number of rotatable bonds is 2. The summed E-state index contributed by atoms with van der Waals surface area (Å²) in [6.45, 7) is 6.89. The van der Waals surface area contributed by atoms with Gasteiger partial charge in [0, 0.05) is 18.0 Å². The fraction of sp³-hybridized carbons (Fsp3) is 0.600. The van der Waals surface area contributed by atoms with Gasteiger partial charge in [-0.05, 0) is 13.8 Å². The van der Waals surface area contributed by atoms with E-state index < -0.39 is 0 Å². The van der Waals surface area contributed by atoms with Crippen LogP contribution in [0.3, 0.4) is 0 Å². The van der Waals surface area contributed by atoms with Crippen LogP contribution in [0.25, 0.3) is 0 Å². The molecule has 1 aliphatic heterocycles. The molecule has 1 aromatic heterocycles. The second kappa shape index (κ2) is 4.28. The van der Waals surface area contributed by atoms with Gasteiger partial charge in [0.25, 0.3) is 0 Å². The fourth-order valence-electron chi connectivity index (χ4n) is 1.71. The molecular weight excluding hydrogens is 210 g/mol. The quantitative estimate of drug-likeness (QED) is 0.805. The Morgan fingerprint density at radius 1 is 1.53 bits per heavy atom. The Labute approximate surface area is 93.3 Å². The molecule has 1 fully saturated rings. The predicted octanol–water partition coefficient (Wildman–Crippen LogP) is 0.692. The third-order valence-corrected chi connectivity index (χ3v) is 3.58. The standard InChI is InChI=1S/C10H15N3OS/c1-7-9(15-8(2)12-7)6-13-4-3-11-5-10(13)14/h11H,3-6H2,1-2H3. The van der Waals surface area contributed by atoms with Gasteiger partial charge in [-0.25, -0.2) is 4.98 Å². The van der Waals surface area contributed by atoms with Crippen molar-refractivity contribution >= 4 is 17.2 Å². The lowest BCUT2D eigenvalue weighted by Crippen LogP contribution is -2.47. The summed E-state index contributed by atoms with van der Waals surface area (Å²) in [6.07, 6.45) is 0. The molecule has 0 unspecified atom stereocenters. The van der Waals surface area contributed by atoms with E-state index in [4.69, 9.17) is 0 Å². The Morgan fingerprint density at radius 2 is 2.33 bits per heavy atom. The van der Waals surface area contributed by atoms with Gasteiger partial charge < -0.3 is 10.2 Å². The number of hydrogen-bond donors (Lipinski definition) is 1. The molecule has 0 aliphatic carbocycles. The van der Waals surface area contributed by atoms with Gasteiger partial charge in [0.2, 0.25) is 5.91 Å². The molecule has 5 heteroatoms. The highest BCUT2D eigenvalue weighted by molar-refractivity contribution is 7.11. The second-order valence-corrected chi connectivity index (χ2v) is 5.02. The molecule has 0 saturated carbocycles. The number of aromatic nitrogens is 1. The highest BCUT2D eigenvalue weighted by Crippen LogP contribution is 2.19. The molecule has 82 valence electrons. The largest absolute Gasteiger partial charge is 0.335 e. The zero-order valence-electron chi connectivity index (χ0n) is 9.04. The molecule has 0 radical (unpaired) electrons. The lowest BCUT2D eigenvalue weighted by atomic mass is 10.3. The first-order chi connectivity index (χ1) is 7.16. The number of hydrogen-bond acceptors (Lipinski definition) is 4. The van der Waals surface area contributed by atoms with Crippen molar-refractivity contribution in [3.05, 3.63) is 15.6 Å². The van der Waals surface area contributed by atoms with Crippen LogP contribution in [0.1, 0.15) is 15.6 Å². The normalized spacial score (nSPS) is 17.2. The van der Waals surface area contributed by atoms with Gasteiger partial charge in [-0.2, -0.15) is 0 Å². The van der Waals surface area contributed by atoms with Gasteiger partial charge in [0.1, 0.15) is 0 Å². The Hall–Kier alpha value is -0.940. The summed E-state index contributed by atoms with van der Waals surface area (Å²) in [7, 11) is 0. The van der Waals surface area contributed by atoms with Crippen LogP contribution in [0.2, 0.25) is 0 Å². The monoisotopic (exact) mass is 225 g/mol. The first kappa shape index (κ1) is 10.6. The Kier molecular flexibility index (Phi) is 3.02. The molecular formula is C10H15N3OS. The van der Waals surface area contributed by atoms with Crippen molar-refractivity contribution in [2.24, 2.45) is 0 Å². The first-order valence-electron chi connectivity index (χ1n) is 5.08. The zero-order chi connectivity index (χ0) is 10.8. The molecule has 0 atom stereocenters. The van der Waals surface area contributed by atoms with Gasteiger partial charge in [-0.15, -0.1) is 11.3 Å². The molecule has 2 heterocycles. The van der Waals surface area contributed by atoms with Gasteiger partial charge in [-0.3, -0.25) is 4.79 Å². The van der Waals surface area contributed by atoms with Crippen LogP contribution in [0.15, 0.2) is 0 Å². The number of aryl methyl sites for hydroxylation is 2. The summed E-state index contributed by atoms with van der Waals surface area (Å²) in [4.78, 5) is 19.0. The van der Waals surface area contributed by atoms with Gasteiger partial charge in [0.05, 0.1) is 23.8 Å². The van der Waals surface area contributed by atoms with E-state index in [-0.39, 0.29) is 5.91 Å². The van der Waals surface area contributed by atoms with E-state index in [0.717, 1.165) is 30.3 Å². The topological polar surface area (TPSA) is 45.2 Å². The molecule has 0 aromatic carbocycles. The van der Waals surface area contributed by atoms with Crippen molar-refractivity contribution in [2.75, 3.05) is 19.6 Å². The lowest BCUT2D eigenvalue weighted by molar-refractivity contribution is -0.132. The minimum Gasteiger partial charge on any atom is -0.335 e. The SMILES string of the molecule is Cc1nc(C)c(CN2CCNCC2=O)s1. The van der Waals surface area contributed by atoms with Crippen molar-refractivity contribution < 1.29 is 4.79 Å². The van der Waals surface area contributed by atoms with E-state index in [1.54, 1.807) is 11.3 Å². The van der Waals surface area contributed by atoms with Crippen LogP contribution in [0, 0.1) is 13.8 Å². The van der Waals surface area contributed by atoms with Gasteiger partial charge in [0.15, 0.2) is 0 Å². The average Bonchev–Trinajstić information content (AvgIpc) is 2.49. The van der Waals surface area contributed by atoms with Crippen molar-refractivity contribution in [1.82, 2.24) is 15.2 Å². The summed E-state index contributed by atoms with van der Waals surface area (Å²) >= 11 is 1.68. The van der Waals surface area contributed by atoms with E-state index >= 15 is 0 Å². The first-order valence-corrected chi connectivity index (χ1v) is 5.90. The number of nitrogens with one attached hydrogen (secondary N) is 1. The smallest absolute Gasteiger partial charge is 0.236 e.